The van der Waals surface area contributed by atoms with E-state index >= 15 is 0 Å². The summed E-state index contributed by atoms with van der Waals surface area (Å²) in [5.41, 5.74) is 4.88. The number of hydrogen-bond acceptors (Lipinski definition) is 4. The predicted octanol–water partition coefficient (Wildman–Crippen LogP) is 3.28. The number of aromatic nitrogens is 2. The highest BCUT2D eigenvalue weighted by Crippen LogP contribution is 2.15. The van der Waals surface area contributed by atoms with Crippen molar-refractivity contribution in [3.63, 3.8) is 0 Å². The number of nitrogens with zero attached hydrogens (tertiary/aromatic N) is 4. The van der Waals surface area contributed by atoms with Crippen LogP contribution in [0.4, 0.5) is 0 Å². The van der Waals surface area contributed by atoms with E-state index in [2.05, 4.69) is 27.4 Å². The largest absolute Gasteiger partial charge is 0.351 e. The molecule has 0 bridgehead atoms. The Kier molecular flexibility index (Phi) is 7.65. The highest BCUT2D eigenvalue weighted by Gasteiger charge is 2.23. The molecule has 178 valence electrons. The van der Waals surface area contributed by atoms with Gasteiger partial charge in [-0.05, 0) is 43.7 Å². The quantitative estimate of drug-likeness (QED) is 0.564. The number of amides is 2. The van der Waals surface area contributed by atoms with Crippen molar-refractivity contribution < 1.29 is 9.59 Å². The molecule has 3 aromatic rings. The fraction of sp³-hybridized carbons (Fsp3) is 0.346. The van der Waals surface area contributed by atoms with Gasteiger partial charge >= 0.3 is 0 Å². The van der Waals surface area contributed by atoms with Crippen molar-refractivity contribution in [2.45, 2.75) is 26.9 Å². The second kappa shape index (κ2) is 10.8. The van der Waals surface area contributed by atoms with Gasteiger partial charge < -0.3 is 10.2 Å². The second-order valence-electron chi connectivity index (χ2n) is 8.64. The van der Waals surface area contributed by atoms with Crippen LogP contribution < -0.4 is 5.32 Å². The van der Waals surface area contributed by atoms with Gasteiger partial charge in [0.05, 0.1) is 18.8 Å². The van der Waals surface area contributed by atoms with E-state index in [-0.39, 0.29) is 11.8 Å². The molecular formula is C26H30ClN5O2. The summed E-state index contributed by atoms with van der Waals surface area (Å²) >= 11 is 5.91. The van der Waals surface area contributed by atoms with Crippen molar-refractivity contribution in [3.05, 3.63) is 87.7 Å². The number of halogens is 1. The predicted molar refractivity (Wildman–Crippen MR) is 133 cm³/mol. The molecule has 2 aromatic carbocycles. The molecule has 0 unspecified atom stereocenters. The summed E-state index contributed by atoms with van der Waals surface area (Å²) in [5, 5.41) is 8.32. The lowest BCUT2D eigenvalue weighted by Gasteiger charge is -2.34. The molecule has 2 amide bonds. The fourth-order valence-electron chi connectivity index (χ4n) is 4.23. The van der Waals surface area contributed by atoms with Crippen LogP contribution in [0.1, 0.15) is 32.9 Å². The molecule has 4 rings (SSSR count). The Bertz CT molecular complexity index is 1140. The minimum Gasteiger partial charge on any atom is -0.351 e. The van der Waals surface area contributed by atoms with Gasteiger partial charge in [0.1, 0.15) is 0 Å². The fourth-order valence-corrected chi connectivity index (χ4v) is 4.36. The number of carbonyl (C=O) groups is 2. The first-order valence-corrected chi connectivity index (χ1v) is 11.9. The molecule has 0 saturated carbocycles. The summed E-state index contributed by atoms with van der Waals surface area (Å²) in [6, 6.07) is 17.2. The second-order valence-corrected chi connectivity index (χ2v) is 9.08. The lowest BCUT2D eigenvalue weighted by molar-refractivity contribution is -0.122. The van der Waals surface area contributed by atoms with Gasteiger partial charge in [-0.2, -0.15) is 5.10 Å². The summed E-state index contributed by atoms with van der Waals surface area (Å²) in [6.07, 6.45) is 0. The Morgan fingerprint density at radius 1 is 0.971 bits per heavy atom. The molecule has 0 atom stereocenters. The summed E-state index contributed by atoms with van der Waals surface area (Å²) in [4.78, 5) is 29.2. The van der Waals surface area contributed by atoms with Crippen molar-refractivity contribution in [2.75, 3.05) is 32.7 Å². The third-order valence-corrected chi connectivity index (χ3v) is 6.54. The summed E-state index contributed by atoms with van der Waals surface area (Å²) < 4.78 is 1.99. The van der Waals surface area contributed by atoms with Crippen LogP contribution >= 0.6 is 11.6 Å². The van der Waals surface area contributed by atoms with E-state index in [4.69, 9.17) is 11.6 Å². The van der Waals surface area contributed by atoms with Crippen LogP contribution in [0.15, 0.2) is 54.6 Å². The topological polar surface area (TPSA) is 70.5 Å². The van der Waals surface area contributed by atoms with E-state index in [1.165, 1.54) is 5.56 Å². The van der Waals surface area contributed by atoms with E-state index in [9.17, 15) is 9.59 Å². The average Bonchev–Trinajstić information content (AvgIpc) is 3.11. The zero-order valence-electron chi connectivity index (χ0n) is 19.6. The maximum Gasteiger partial charge on any atom is 0.253 e. The standard InChI is InChI=1S/C26H30ClN5O2/c1-19-24(20(2)32(29-19)17-21-6-4-3-5-7-21)16-28-25(33)18-30-12-14-31(15-13-30)26(34)22-8-10-23(27)11-9-22/h3-11H,12-18H2,1-2H3,(H,28,33). The monoisotopic (exact) mass is 479 g/mol. The molecule has 2 heterocycles. The van der Waals surface area contributed by atoms with Crippen molar-refractivity contribution in [1.82, 2.24) is 24.9 Å². The normalized spacial score (nSPS) is 14.3. The highest BCUT2D eigenvalue weighted by atomic mass is 35.5. The zero-order chi connectivity index (χ0) is 24.1. The molecule has 1 saturated heterocycles. The van der Waals surface area contributed by atoms with Gasteiger partial charge in [-0.3, -0.25) is 19.2 Å². The van der Waals surface area contributed by atoms with Gasteiger partial charge in [0.2, 0.25) is 5.91 Å². The third-order valence-electron chi connectivity index (χ3n) is 6.29. The zero-order valence-corrected chi connectivity index (χ0v) is 20.4. The molecule has 7 nitrogen and oxygen atoms in total. The number of carbonyl (C=O) groups excluding carboxylic acids is 2. The first kappa shape index (κ1) is 24.0. The van der Waals surface area contributed by atoms with Gasteiger partial charge in [-0.15, -0.1) is 0 Å². The van der Waals surface area contributed by atoms with Crippen molar-refractivity contribution in [3.8, 4) is 0 Å². The number of piperazine rings is 1. The number of benzene rings is 2. The van der Waals surface area contributed by atoms with E-state index in [1.807, 2.05) is 41.6 Å². The Balaban J connectivity index is 1.25. The van der Waals surface area contributed by atoms with Crippen LogP contribution in [0.2, 0.25) is 5.02 Å². The summed E-state index contributed by atoms with van der Waals surface area (Å²) in [5.74, 6) is -0.0219. The van der Waals surface area contributed by atoms with Crippen LogP contribution in [-0.2, 0) is 17.9 Å². The minimum absolute atomic E-state index is 0.000710. The van der Waals surface area contributed by atoms with E-state index < -0.39 is 0 Å². The van der Waals surface area contributed by atoms with Gasteiger partial charge in [-0.25, -0.2) is 0 Å². The van der Waals surface area contributed by atoms with E-state index in [0.717, 1.165) is 17.0 Å². The first-order valence-electron chi connectivity index (χ1n) is 11.5. The van der Waals surface area contributed by atoms with Crippen LogP contribution in [0, 0.1) is 13.8 Å². The molecular weight excluding hydrogens is 450 g/mol. The van der Waals surface area contributed by atoms with Crippen molar-refractivity contribution in [1.29, 1.82) is 0 Å². The number of aryl methyl sites for hydroxylation is 1. The number of nitrogens with one attached hydrogen (secondary N) is 1. The lowest BCUT2D eigenvalue weighted by atomic mass is 10.2. The molecule has 1 aromatic heterocycles. The van der Waals surface area contributed by atoms with E-state index in [1.54, 1.807) is 24.3 Å². The molecule has 1 aliphatic heterocycles. The molecule has 1 fully saturated rings. The van der Waals surface area contributed by atoms with Crippen molar-refractivity contribution in [2.24, 2.45) is 0 Å². The Labute approximate surface area is 205 Å². The summed E-state index contributed by atoms with van der Waals surface area (Å²) in [7, 11) is 0. The first-order chi connectivity index (χ1) is 16.4. The number of rotatable bonds is 7. The Morgan fingerprint density at radius 3 is 2.32 bits per heavy atom. The summed E-state index contributed by atoms with van der Waals surface area (Å²) in [6.45, 7) is 8.03. The Hall–Kier alpha value is -3.16. The van der Waals surface area contributed by atoms with Gasteiger partial charge in [-0.1, -0.05) is 41.9 Å². The molecule has 0 aliphatic carbocycles. The van der Waals surface area contributed by atoms with Crippen LogP contribution in [0.25, 0.3) is 0 Å². The van der Waals surface area contributed by atoms with Crippen molar-refractivity contribution >= 4 is 23.4 Å². The molecule has 0 radical (unpaired) electrons. The molecule has 8 heteroatoms. The lowest BCUT2D eigenvalue weighted by Crippen LogP contribution is -2.51. The van der Waals surface area contributed by atoms with Crippen LogP contribution in [0.5, 0.6) is 0 Å². The molecule has 34 heavy (non-hydrogen) atoms. The molecule has 0 spiro atoms. The SMILES string of the molecule is Cc1nn(Cc2ccccc2)c(C)c1CNC(=O)CN1CCN(C(=O)c2ccc(Cl)cc2)CC1. The third kappa shape index (κ3) is 5.85. The van der Waals surface area contributed by atoms with Gasteiger partial charge in [0.15, 0.2) is 0 Å². The number of hydrogen-bond donors (Lipinski definition) is 1. The minimum atomic E-state index is -0.0212. The smallest absolute Gasteiger partial charge is 0.253 e. The van der Waals surface area contributed by atoms with Crippen LogP contribution in [0.3, 0.4) is 0 Å². The van der Waals surface area contributed by atoms with Crippen LogP contribution in [-0.4, -0.2) is 64.1 Å². The maximum absolute atomic E-state index is 12.7. The van der Waals surface area contributed by atoms with Gasteiger partial charge in [0, 0.05) is 54.6 Å². The molecule has 1 aliphatic rings. The molecule has 1 N–H and O–H groups in total. The van der Waals surface area contributed by atoms with Gasteiger partial charge in [0.25, 0.3) is 5.91 Å². The average molecular weight is 480 g/mol. The Morgan fingerprint density at radius 2 is 1.65 bits per heavy atom. The highest BCUT2D eigenvalue weighted by molar-refractivity contribution is 6.30. The van der Waals surface area contributed by atoms with E-state index in [0.29, 0.717) is 56.4 Å². The maximum atomic E-state index is 12.7.